The van der Waals surface area contributed by atoms with Crippen molar-refractivity contribution in [1.29, 1.82) is 0 Å². The van der Waals surface area contributed by atoms with Crippen LogP contribution in [0.1, 0.15) is 23.4 Å². The molecule has 0 aliphatic rings. The van der Waals surface area contributed by atoms with Gasteiger partial charge in [0.05, 0.1) is 5.69 Å². The molecule has 0 bridgehead atoms. The standard InChI is InChI=1S/C18H19N5OS2/c1-11-13(12(2)21-17(20-11)25-3)7-8-16(24)23-18-22-15(10-26-18)14-6-4-5-9-19-14/h4-6,9-10H,7-8H2,1-3H3,(H,22,23,24). The minimum absolute atomic E-state index is 0.0698. The Balaban J connectivity index is 1.61. The lowest BCUT2D eigenvalue weighted by Gasteiger charge is -2.09. The van der Waals surface area contributed by atoms with E-state index in [9.17, 15) is 4.79 Å². The summed E-state index contributed by atoms with van der Waals surface area (Å²) in [6, 6.07) is 5.66. The molecule has 0 atom stereocenters. The molecule has 8 heteroatoms. The highest BCUT2D eigenvalue weighted by Crippen LogP contribution is 2.23. The summed E-state index contributed by atoms with van der Waals surface area (Å²) < 4.78 is 0. The number of thioether (sulfide) groups is 1. The van der Waals surface area contributed by atoms with Crippen LogP contribution >= 0.6 is 23.1 Å². The smallest absolute Gasteiger partial charge is 0.226 e. The molecular weight excluding hydrogens is 366 g/mol. The van der Waals surface area contributed by atoms with Gasteiger partial charge >= 0.3 is 0 Å². The molecule has 0 aliphatic carbocycles. The summed E-state index contributed by atoms with van der Waals surface area (Å²) in [4.78, 5) is 29.9. The van der Waals surface area contributed by atoms with Gasteiger partial charge in [0.15, 0.2) is 10.3 Å². The van der Waals surface area contributed by atoms with E-state index in [1.165, 1.54) is 23.1 Å². The molecule has 134 valence electrons. The van der Waals surface area contributed by atoms with Crippen molar-refractivity contribution in [3.8, 4) is 11.4 Å². The Morgan fingerprint density at radius 3 is 2.58 bits per heavy atom. The van der Waals surface area contributed by atoms with Crippen molar-refractivity contribution >= 4 is 34.1 Å². The third-order valence-corrected chi connectivity index (χ3v) is 5.17. The molecule has 0 fully saturated rings. The number of rotatable bonds is 6. The number of carbonyl (C=O) groups excluding carboxylic acids is 1. The molecule has 1 N–H and O–H groups in total. The Bertz CT molecular complexity index is 888. The van der Waals surface area contributed by atoms with Crippen molar-refractivity contribution < 1.29 is 4.79 Å². The summed E-state index contributed by atoms with van der Waals surface area (Å²) in [7, 11) is 0. The number of nitrogens with zero attached hydrogens (tertiary/aromatic N) is 4. The Morgan fingerprint density at radius 2 is 1.92 bits per heavy atom. The van der Waals surface area contributed by atoms with Gasteiger partial charge in [0.2, 0.25) is 5.91 Å². The van der Waals surface area contributed by atoms with Gasteiger partial charge in [-0.1, -0.05) is 17.8 Å². The average molecular weight is 386 g/mol. The molecular formula is C18H19N5OS2. The molecule has 0 saturated heterocycles. The summed E-state index contributed by atoms with van der Waals surface area (Å²) in [6.07, 6.45) is 4.65. The molecule has 1 amide bonds. The van der Waals surface area contributed by atoms with E-state index in [1.54, 1.807) is 6.20 Å². The van der Waals surface area contributed by atoms with E-state index in [2.05, 4.69) is 25.3 Å². The van der Waals surface area contributed by atoms with Gasteiger partial charge in [-0.3, -0.25) is 9.78 Å². The first-order chi connectivity index (χ1) is 12.6. The number of aromatic nitrogens is 4. The van der Waals surface area contributed by atoms with E-state index in [-0.39, 0.29) is 5.91 Å². The molecule has 3 aromatic heterocycles. The number of pyridine rings is 1. The molecule has 26 heavy (non-hydrogen) atoms. The van der Waals surface area contributed by atoms with Gasteiger partial charge in [-0.2, -0.15) is 0 Å². The van der Waals surface area contributed by atoms with Crippen molar-refractivity contribution in [2.75, 3.05) is 11.6 Å². The van der Waals surface area contributed by atoms with Gasteiger partial charge in [0.25, 0.3) is 0 Å². The second-order valence-electron chi connectivity index (χ2n) is 5.66. The summed E-state index contributed by atoms with van der Waals surface area (Å²) in [5, 5.41) is 6.09. The van der Waals surface area contributed by atoms with Crippen LogP contribution in [0.15, 0.2) is 34.9 Å². The fourth-order valence-electron chi connectivity index (χ4n) is 2.55. The zero-order chi connectivity index (χ0) is 18.5. The van der Waals surface area contributed by atoms with Gasteiger partial charge in [-0.15, -0.1) is 11.3 Å². The minimum Gasteiger partial charge on any atom is -0.302 e. The molecule has 0 aromatic carbocycles. The number of hydrogen-bond acceptors (Lipinski definition) is 7. The molecule has 0 unspecified atom stereocenters. The Morgan fingerprint density at radius 1 is 1.15 bits per heavy atom. The zero-order valence-corrected chi connectivity index (χ0v) is 16.4. The number of anilines is 1. The molecule has 0 saturated carbocycles. The lowest BCUT2D eigenvalue weighted by Crippen LogP contribution is -2.13. The lowest BCUT2D eigenvalue weighted by molar-refractivity contribution is -0.116. The van der Waals surface area contributed by atoms with Gasteiger partial charge < -0.3 is 5.32 Å². The SMILES string of the molecule is CSc1nc(C)c(CCC(=O)Nc2nc(-c3ccccn3)cs2)c(C)n1. The summed E-state index contributed by atoms with van der Waals surface area (Å²) in [5.41, 5.74) is 4.45. The zero-order valence-electron chi connectivity index (χ0n) is 14.8. The predicted octanol–water partition coefficient (Wildman–Crippen LogP) is 3.91. The average Bonchev–Trinajstić information content (AvgIpc) is 3.10. The highest BCUT2D eigenvalue weighted by Gasteiger charge is 2.12. The second kappa shape index (κ2) is 8.37. The lowest BCUT2D eigenvalue weighted by atomic mass is 10.1. The molecule has 3 aromatic rings. The summed E-state index contributed by atoms with van der Waals surface area (Å²) in [5.74, 6) is -0.0698. The van der Waals surface area contributed by atoms with E-state index < -0.39 is 0 Å². The first-order valence-corrected chi connectivity index (χ1v) is 10.2. The van der Waals surface area contributed by atoms with Gasteiger partial charge in [-0.25, -0.2) is 15.0 Å². The van der Waals surface area contributed by atoms with Crippen LogP contribution in [0, 0.1) is 13.8 Å². The van der Waals surface area contributed by atoms with Crippen molar-refractivity contribution in [3.63, 3.8) is 0 Å². The van der Waals surface area contributed by atoms with Crippen LogP contribution < -0.4 is 5.32 Å². The van der Waals surface area contributed by atoms with Crippen LogP contribution in [0.3, 0.4) is 0 Å². The Kier molecular flexibility index (Phi) is 5.95. The van der Waals surface area contributed by atoms with Crippen molar-refractivity contribution in [2.45, 2.75) is 31.8 Å². The van der Waals surface area contributed by atoms with Crippen molar-refractivity contribution in [3.05, 3.63) is 46.7 Å². The van der Waals surface area contributed by atoms with Crippen molar-refractivity contribution in [2.24, 2.45) is 0 Å². The number of aryl methyl sites for hydroxylation is 2. The Hall–Kier alpha value is -2.32. The predicted molar refractivity (Wildman–Crippen MR) is 106 cm³/mol. The number of nitrogens with one attached hydrogen (secondary N) is 1. The number of carbonyl (C=O) groups is 1. The second-order valence-corrected chi connectivity index (χ2v) is 7.29. The van der Waals surface area contributed by atoms with Crippen LogP contribution in [0.2, 0.25) is 0 Å². The third-order valence-electron chi connectivity index (χ3n) is 3.86. The normalized spacial score (nSPS) is 10.7. The molecule has 0 radical (unpaired) electrons. The molecule has 0 spiro atoms. The van der Waals surface area contributed by atoms with Crippen molar-refractivity contribution in [1.82, 2.24) is 19.9 Å². The fourth-order valence-corrected chi connectivity index (χ4v) is 3.72. The van der Waals surface area contributed by atoms with E-state index in [1.807, 2.05) is 43.7 Å². The first kappa shape index (κ1) is 18.5. The topological polar surface area (TPSA) is 80.7 Å². The molecule has 0 aliphatic heterocycles. The maximum Gasteiger partial charge on any atom is 0.226 e. The first-order valence-electron chi connectivity index (χ1n) is 8.11. The number of hydrogen-bond donors (Lipinski definition) is 1. The van der Waals surface area contributed by atoms with E-state index in [4.69, 9.17) is 0 Å². The van der Waals surface area contributed by atoms with Crippen LogP contribution in [-0.4, -0.2) is 32.1 Å². The van der Waals surface area contributed by atoms with E-state index in [0.29, 0.717) is 18.0 Å². The van der Waals surface area contributed by atoms with Gasteiger partial charge in [0, 0.05) is 29.4 Å². The Labute approximate surface area is 160 Å². The van der Waals surface area contributed by atoms with Gasteiger partial charge in [0.1, 0.15) is 5.69 Å². The maximum absolute atomic E-state index is 12.3. The van der Waals surface area contributed by atoms with E-state index in [0.717, 1.165) is 33.5 Å². The third kappa shape index (κ3) is 4.44. The number of amides is 1. The number of thiazole rings is 1. The summed E-state index contributed by atoms with van der Waals surface area (Å²) >= 11 is 2.91. The van der Waals surface area contributed by atoms with Crippen LogP contribution in [0.4, 0.5) is 5.13 Å². The maximum atomic E-state index is 12.3. The fraction of sp³-hybridized carbons (Fsp3) is 0.278. The quantitative estimate of drug-likeness (QED) is 0.512. The molecule has 6 nitrogen and oxygen atoms in total. The monoisotopic (exact) mass is 385 g/mol. The molecule has 3 rings (SSSR count). The van der Waals surface area contributed by atoms with Gasteiger partial charge in [-0.05, 0) is 44.2 Å². The van der Waals surface area contributed by atoms with Crippen LogP contribution in [-0.2, 0) is 11.2 Å². The van der Waals surface area contributed by atoms with Crippen LogP contribution in [0.5, 0.6) is 0 Å². The largest absolute Gasteiger partial charge is 0.302 e. The molecule has 3 heterocycles. The highest BCUT2D eigenvalue weighted by atomic mass is 32.2. The van der Waals surface area contributed by atoms with Crippen LogP contribution in [0.25, 0.3) is 11.4 Å². The minimum atomic E-state index is -0.0698. The highest BCUT2D eigenvalue weighted by molar-refractivity contribution is 7.98. The summed E-state index contributed by atoms with van der Waals surface area (Å²) in [6.45, 7) is 3.92. The van der Waals surface area contributed by atoms with E-state index >= 15 is 0 Å².